The molecule has 4 heteroatoms. The van der Waals surface area contributed by atoms with Crippen LogP contribution in [-0.2, 0) is 0 Å². The number of hydrogen-bond acceptors (Lipinski definition) is 1. The van der Waals surface area contributed by atoms with Crippen LogP contribution in [0.4, 0.5) is 4.39 Å². The second-order valence-corrected chi connectivity index (χ2v) is 1.93. The van der Waals surface area contributed by atoms with Gasteiger partial charge in [-0.05, 0) is 18.5 Å². The van der Waals surface area contributed by atoms with E-state index >= 15 is 0 Å². The number of nitrogens with two attached hydrogens (primary N) is 1. The monoisotopic (exact) mass is 150 g/mol. The van der Waals surface area contributed by atoms with Crippen LogP contribution in [0.25, 0.3) is 0 Å². The Morgan fingerprint density at radius 2 is 2.33 bits per heavy atom. The van der Waals surface area contributed by atoms with Crippen LogP contribution in [-0.4, -0.2) is 11.5 Å². The summed E-state index contributed by atoms with van der Waals surface area (Å²) in [7, 11) is 0. The van der Waals surface area contributed by atoms with Crippen molar-refractivity contribution >= 4 is 16.9 Å². The molecule has 0 rings (SSSR count). The molecule has 0 spiro atoms. The minimum atomic E-state index is -1.19. The Kier molecular flexibility index (Phi) is 3.24. The van der Waals surface area contributed by atoms with Crippen molar-refractivity contribution in [1.29, 1.82) is 0 Å². The third-order valence-corrected chi connectivity index (χ3v) is 0.794. The molecule has 2 nitrogen and oxygen atoms in total. The van der Waals surface area contributed by atoms with Crippen molar-refractivity contribution in [2.45, 2.75) is 13.1 Å². The molecule has 1 unspecified atom stereocenters. The lowest BCUT2D eigenvalue weighted by molar-refractivity contribution is 0.410. The van der Waals surface area contributed by atoms with E-state index in [-0.39, 0.29) is 11.0 Å². The van der Waals surface area contributed by atoms with Gasteiger partial charge >= 0.3 is 0 Å². The largest absolute Gasteiger partial charge is 0.374 e. The minimum Gasteiger partial charge on any atom is -0.374 e. The average Bonchev–Trinajstić information content (AvgIpc) is 1.63. The standard InChI is InChI=1S/C5H8ClFN2/c1-3(7)4(2)9-5(6)8/h3H,2H2,1H3,(H2,8,9). The molecule has 1 atom stereocenters. The van der Waals surface area contributed by atoms with E-state index in [0.29, 0.717) is 0 Å². The van der Waals surface area contributed by atoms with Crippen molar-refractivity contribution in [2.75, 3.05) is 0 Å². The van der Waals surface area contributed by atoms with Gasteiger partial charge < -0.3 is 5.73 Å². The van der Waals surface area contributed by atoms with Gasteiger partial charge in [0.25, 0.3) is 0 Å². The van der Waals surface area contributed by atoms with Crippen LogP contribution in [0, 0.1) is 0 Å². The zero-order valence-corrected chi connectivity index (χ0v) is 5.82. The summed E-state index contributed by atoms with van der Waals surface area (Å²) in [6.45, 7) is 4.58. The molecule has 0 radical (unpaired) electrons. The van der Waals surface area contributed by atoms with E-state index in [1.54, 1.807) is 0 Å². The van der Waals surface area contributed by atoms with Gasteiger partial charge in [0.1, 0.15) is 6.17 Å². The molecule has 2 N–H and O–H groups in total. The molecule has 0 aliphatic rings. The van der Waals surface area contributed by atoms with Gasteiger partial charge in [-0.1, -0.05) is 6.58 Å². The van der Waals surface area contributed by atoms with Crippen LogP contribution >= 0.6 is 11.6 Å². The topological polar surface area (TPSA) is 38.4 Å². The Labute approximate surface area is 58.2 Å². The molecule has 0 aliphatic carbocycles. The van der Waals surface area contributed by atoms with Crippen molar-refractivity contribution in [1.82, 2.24) is 0 Å². The number of halogens is 2. The highest BCUT2D eigenvalue weighted by Gasteiger charge is 2.00. The molecule has 0 aromatic heterocycles. The smallest absolute Gasteiger partial charge is 0.193 e. The lowest BCUT2D eigenvalue weighted by Gasteiger charge is -1.97. The van der Waals surface area contributed by atoms with Crippen molar-refractivity contribution in [3.63, 3.8) is 0 Å². The van der Waals surface area contributed by atoms with Crippen LogP contribution in [0.3, 0.4) is 0 Å². The highest BCUT2D eigenvalue weighted by atomic mass is 35.5. The molecule has 0 fully saturated rings. The zero-order chi connectivity index (χ0) is 7.44. The van der Waals surface area contributed by atoms with Crippen LogP contribution < -0.4 is 5.73 Å². The third kappa shape index (κ3) is 3.97. The lowest BCUT2D eigenvalue weighted by Crippen LogP contribution is -2.04. The van der Waals surface area contributed by atoms with Gasteiger partial charge in [0.2, 0.25) is 0 Å². The highest BCUT2D eigenvalue weighted by molar-refractivity contribution is 6.64. The van der Waals surface area contributed by atoms with E-state index in [9.17, 15) is 4.39 Å². The van der Waals surface area contributed by atoms with Gasteiger partial charge in [0.05, 0.1) is 5.70 Å². The average molecular weight is 151 g/mol. The number of rotatable bonds is 2. The summed E-state index contributed by atoms with van der Waals surface area (Å²) in [5.41, 5.74) is 4.96. The summed E-state index contributed by atoms with van der Waals surface area (Å²) in [6.07, 6.45) is -1.19. The van der Waals surface area contributed by atoms with Gasteiger partial charge in [-0.25, -0.2) is 9.38 Å². The SMILES string of the molecule is C=C(N=C(N)Cl)C(C)F. The first kappa shape index (κ1) is 8.43. The van der Waals surface area contributed by atoms with Crippen molar-refractivity contribution in [2.24, 2.45) is 10.7 Å². The molecule has 0 bridgehead atoms. The Morgan fingerprint density at radius 1 is 1.89 bits per heavy atom. The molecular formula is C5H8ClFN2. The number of nitrogens with zero attached hydrogens (tertiary/aromatic N) is 1. The molecule has 0 aliphatic heterocycles. The fraction of sp³-hybridized carbons (Fsp3) is 0.400. The molecule has 0 saturated heterocycles. The second kappa shape index (κ2) is 3.45. The second-order valence-electron chi connectivity index (χ2n) is 1.54. The summed E-state index contributed by atoms with van der Waals surface area (Å²) >= 11 is 5.12. The molecule has 0 saturated carbocycles. The normalized spacial score (nSPS) is 15.2. The van der Waals surface area contributed by atoms with Crippen LogP contribution in [0.5, 0.6) is 0 Å². The van der Waals surface area contributed by atoms with Crippen molar-refractivity contribution < 1.29 is 4.39 Å². The molecule has 0 heterocycles. The summed E-state index contributed by atoms with van der Waals surface area (Å²) < 4.78 is 12.1. The van der Waals surface area contributed by atoms with Gasteiger partial charge in [0.15, 0.2) is 5.29 Å². The van der Waals surface area contributed by atoms with E-state index in [2.05, 4.69) is 11.6 Å². The molecule has 0 aromatic rings. The van der Waals surface area contributed by atoms with Crippen LogP contribution in [0.1, 0.15) is 6.92 Å². The van der Waals surface area contributed by atoms with Gasteiger partial charge in [-0.15, -0.1) is 0 Å². The maximum atomic E-state index is 12.1. The first-order valence-corrected chi connectivity index (χ1v) is 2.74. The minimum absolute atomic E-state index is 0.0440. The summed E-state index contributed by atoms with van der Waals surface area (Å²) in [6, 6.07) is 0. The van der Waals surface area contributed by atoms with Gasteiger partial charge in [0, 0.05) is 0 Å². The predicted octanol–water partition coefficient (Wildman–Crippen LogP) is 1.41. The Hall–Kier alpha value is -0.570. The Bertz CT molecular complexity index is 138. The molecule has 9 heavy (non-hydrogen) atoms. The maximum Gasteiger partial charge on any atom is 0.193 e. The van der Waals surface area contributed by atoms with E-state index in [4.69, 9.17) is 17.3 Å². The fourth-order valence-electron chi connectivity index (χ4n) is 0.226. The molecule has 0 aromatic carbocycles. The van der Waals surface area contributed by atoms with Crippen LogP contribution in [0.15, 0.2) is 17.3 Å². The quantitative estimate of drug-likeness (QED) is 0.361. The first-order chi connectivity index (χ1) is 4.04. The number of allylic oxidation sites excluding steroid dienone is 1. The maximum absolute atomic E-state index is 12.1. The number of hydrogen-bond donors (Lipinski definition) is 1. The zero-order valence-electron chi connectivity index (χ0n) is 5.06. The molecule has 52 valence electrons. The van der Waals surface area contributed by atoms with Gasteiger partial charge in [-0.2, -0.15) is 0 Å². The number of amidine groups is 1. The van der Waals surface area contributed by atoms with E-state index in [1.165, 1.54) is 6.92 Å². The van der Waals surface area contributed by atoms with Crippen LogP contribution in [0.2, 0.25) is 0 Å². The Morgan fingerprint density at radius 3 is 2.44 bits per heavy atom. The Balaban J connectivity index is 3.93. The molecule has 0 amide bonds. The number of alkyl halides is 1. The summed E-state index contributed by atoms with van der Waals surface area (Å²) in [5.74, 6) is 0. The summed E-state index contributed by atoms with van der Waals surface area (Å²) in [4.78, 5) is 3.37. The fourth-order valence-corrected chi connectivity index (χ4v) is 0.335. The molecular weight excluding hydrogens is 143 g/mol. The van der Waals surface area contributed by atoms with E-state index in [1.807, 2.05) is 0 Å². The van der Waals surface area contributed by atoms with Gasteiger partial charge in [-0.3, -0.25) is 0 Å². The predicted molar refractivity (Wildman–Crippen MR) is 37.2 cm³/mol. The number of aliphatic imine (C=N–C) groups is 1. The van der Waals surface area contributed by atoms with E-state index in [0.717, 1.165) is 0 Å². The first-order valence-electron chi connectivity index (χ1n) is 2.36. The highest BCUT2D eigenvalue weighted by Crippen LogP contribution is 2.04. The lowest BCUT2D eigenvalue weighted by atomic mass is 10.3. The third-order valence-electron chi connectivity index (χ3n) is 0.710. The van der Waals surface area contributed by atoms with Crippen molar-refractivity contribution in [3.05, 3.63) is 12.3 Å². The van der Waals surface area contributed by atoms with E-state index < -0.39 is 6.17 Å². The summed E-state index contributed by atoms with van der Waals surface area (Å²) in [5, 5.41) is -0.190. The van der Waals surface area contributed by atoms with Crippen molar-refractivity contribution in [3.8, 4) is 0 Å².